The summed E-state index contributed by atoms with van der Waals surface area (Å²) in [5.74, 6) is 0. The third-order valence-corrected chi connectivity index (χ3v) is 6.30. The van der Waals surface area contributed by atoms with Crippen molar-refractivity contribution in [3.8, 4) is 0 Å². The van der Waals surface area contributed by atoms with Gasteiger partial charge in [-0.25, -0.2) is 0 Å². The fraction of sp³-hybridized carbons (Fsp3) is 1.00. The van der Waals surface area contributed by atoms with E-state index in [4.69, 9.17) is 4.12 Å². The molecule has 0 unspecified atom stereocenters. The number of nitrogens with zero attached hydrogens (tertiary/aromatic N) is 1. The first-order chi connectivity index (χ1) is 5.29. The SMILES string of the molecule is C[SiH](C)O[SiH2]N1CCCCC1. The van der Waals surface area contributed by atoms with Crippen LogP contribution in [0.25, 0.3) is 0 Å². The molecule has 0 aliphatic carbocycles. The molecule has 1 heterocycles. The molecular formula is C7H19NOSi2. The van der Waals surface area contributed by atoms with Crippen molar-refractivity contribution in [2.75, 3.05) is 13.1 Å². The van der Waals surface area contributed by atoms with E-state index in [1.54, 1.807) is 0 Å². The van der Waals surface area contributed by atoms with E-state index in [0.717, 1.165) is 0 Å². The van der Waals surface area contributed by atoms with E-state index in [9.17, 15) is 0 Å². The summed E-state index contributed by atoms with van der Waals surface area (Å²) in [5.41, 5.74) is 0. The maximum absolute atomic E-state index is 5.78. The molecular weight excluding hydrogens is 170 g/mol. The summed E-state index contributed by atoms with van der Waals surface area (Å²) in [5, 5.41) is 0. The summed E-state index contributed by atoms with van der Waals surface area (Å²) in [7, 11) is -1.01. The van der Waals surface area contributed by atoms with Crippen LogP contribution in [0.3, 0.4) is 0 Å². The minimum absolute atomic E-state index is 0.287. The Kier molecular flexibility index (Phi) is 4.36. The highest BCUT2D eigenvalue weighted by molar-refractivity contribution is 6.55. The van der Waals surface area contributed by atoms with Crippen molar-refractivity contribution in [2.24, 2.45) is 0 Å². The van der Waals surface area contributed by atoms with Gasteiger partial charge >= 0.3 is 0 Å². The van der Waals surface area contributed by atoms with E-state index in [1.165, 1.54) is 32.4 Å². The Balaban J connectivity index is 2.05. The fourth-order valence-electron chi connectivity index (χ4n) is 1.34. The van der Waals surface area contributed by atoms with Gasteiger partial charge in [-0.1, -0.05) is 6.42 Å². The quantitative estimate of drug-likeness (QED) is 0.599. The van der Waals surface area contributed by atoms with E-state index >= 15 is 0 Å². The molecule has 0 aromatic heterocycles. The zero-order valence-electron chi connectivity index (χ0n) is 7.68. The average Bonchev–Trinajstić information content (AvgIpc) is 2.03. The first kappa shape index (κ1) is 9.44. The highest BCUT2D eigenvalue weighted by Crippen LogP contribution is 2.06. The van der Waals surface area contributed by atoms with Crippen LogP contribution in [0.1, 0.15) is 19.3 Å². The Morgan fingerprint density at radius 2 is 1.82 bits per heavy atom. The number of rotatable bonds is 3. The standard InChI is InChI=1S/C7H19NOSi2/c1-11(2)9-10-8-6-4-3-5-7-8/h11H,3-7,10H2,1-2H3. The highest BCUT2D eigenvalue weighted by atomic mass is 28.3. The van der Waals surface area contributed by atoms with Crippen LogP contribution < -0.4 is 0 Å². The first-order valence-electron chi connectivity index (χ1n) is 4.63. The van der Waals surface area contributed by atoms with Gasteiger partial charge in [0.25, 0.3) is 0 Å². The van der Waals surface area contributed by atoms with E-state index in [0.29, 0.717) is 0 Å². The van der Waals surface area contributed by atoms with Crippen molar-refractivity contribution < 1.29 is 4.12 Å². The van der Waals surface area contributed by atoms with Gasteiger partial charge in [0.15, 0.2) is 9.04 Å². The summed E-state index contributed by atoms with van der Waals surface area (Å²) in [4.78, 5) is 0. The van der Waals surface area contributed by atoms with Gasteiger partial charge in [-0.2, -0.15) is 0 Å². The molecule has 0 bridgehead atoms. The Morgan fingerprint density at radius 3 is 2.36 bits per heavy atom. The second kappa shape index (κ2) is 5.08. The molecule has 0 radical (unpaired) electrons. The molecule has 0 N–H and O–H groups in total. The Labute approximate surface area is 73.7 Å². The maximum Gasteiger partial charge on any atom is 0.227 e. The van der Waals surface area contributed by atoms with Crippen LogP contribution in [0.4, 0.5) is 0 Å². The lowest BCUT2D eigenvalue weighted by Gasteiger charge is -2.26. The van der Waals surface area contributed by atoms with Crippen molar-refractivity contribution in [1.29, 1.82) is 0 Å². The van der Waals surface area contributed by atoms with Crippen LogP contribution in [-0.2, 0) is 4.12 Å². The normalized spacial score (nSPS) is 22.1. The first-order valence-corrected chi connectivity index (χ1v) is 8.62. The lowest BCUT2D eigenvalue weighted by molar-refractivity contribution is 0.330. The second-order valence-electron chi connectivity index (χ2n) is 3.52. The van der Waals surface area contributed by atoms with Gasteiger partial charge in [0, 0.05) is 0 Å². The highest BCUT2D eigenvalue weighted by Gasteiger charge is 2.10. The van der Waals surface area contributed by atoms with Crippen molar-refractivity contribution in [1.82, 2.24) is 4.57 Å². The number of piperidine rings is 1. The number of hydrogen-bond donors (Lipinski definition) is 0. The predicted octanol–water partition coefficient (Wildman–Crippen LogP) is 0.471. The van der Waals surface area contributed by atoms with Crippen LogP contribution in [0.15, 0.2) is 0 Å². The van der Waals surface area contributed by atoms with Gasteiger partial charge in [0.2, 0.25) is 9.92 Å². The lowest BCUT2D eigenvalue weighted by atomic mass is 10.2. The molecule has 1 fully saturated rings. The summed E-state index contributed by atoms with van der Waals surface area (Å²) >= 11 is 0. The topological polar surface area (TPSA) is 12.5 Å². The molecule has 4 heteroatoms. The van der Waals surface area contributed by atoms with Gasteiger partial charge in [0.1, 0.15) is 0 Å². The van der Waals surface area contributed by atoms with Gasteiger partial charge in [-0.15, -0.1) is 0 Å². The minimum Gasteiger partial charge on any atom is -0.451 e. The molecule has 0 spiro atoms. The molecule has 66 valence electrons. The molecule has 0 aromatic carbocycles. The van der Waals surface area contributed by atoms with Crippen LogP contribution in [-0.4, -0.2) is 36.6 Å². The molecule has 0 aromatic rings. The Morgan fingerprint density at radius 1 is 1.18 bits per heavy atom. The van der Waals surface area contributed by atoms with Crippen molar-refractivity contribution in [3.05, 3.63) is 0 Å². The van der Waals surface area contributed by atoms with E-state index in [1.807, 2.05) is 0 Å². The van der Waals surface area contributed by atoms with Gasteiger partial charge < -0.3 is 8.68 Å². The monoisotopic (exact) mass is 189 g/mol. The van der Waals surface area contributed by atoms with E-state index in [2.05, 4.69) is 17.7 Å². The molecule has 1 aliphatic rings. The molecule has 1 rings (SSSR count). The Bertz CT molecular complexity index is 105. The van der Waals surface area contributed by atoms with Crippen molar-refractivity contribution >= 4 is 19.0 Å². The van der Waals surface area contributed by atoms with Crippen LogP contribution in [0.2, 0.25) is 13.1 Å². The van der Waals surface area contributed by atoms with E-state index < -0.39 is 9.04 Å². The summed E-state index contributed by atoms with van der Waals surface area (Å²) < 4.78 is 8.35. The Hall–Kier alpha value is 0.354. The fourth-order valence-corrected chi connectivity index (χ4v) is 4.08. The molecule has 0 atom stereocenters. The molecule has 11 heavy (non-hydrogen) atoms. The zero-order chi connectivity index (χ0) is 8.10. The predicted molar refractivity (Wildman–Crippen MR) is 53.9 cm³/mol. The van der Waals surface area contributed by atoms with Crippen LogP contribution >= 0.6 is 0 Å². The lowest BCUT2D eigenvalue weighted by Crippen LogP contribution is -2.36. The van der Waals surface area contributed by atoms with E-state index in [-0.39, 0.29) is 9.92 Å². The summed E-state index contributed by atoms with van der Waals surface area (Å²) in [6.45, 7) is 7.15. The summed E-state index contributed by atoms with van der Waals surface area (Å²) in [6.07, 6.45) is 4.23. The summed E-state index contributed by atoms with van der Waals surface area (Å²) in [6, 6.07) is 0. The van der Waals surface area contributed by atoms with Gasteiger partial charge in [-0.05, 0) is 39.0 Å². The second-order valence-corrected chi connectivity index (χ2v) is 8.11. The number of hydrogen-bond acceptors (Lipinski definition) is 2. The van der Waals surface area contributed by atoms with Crippen LogP contribution in [0.5, 0.6) is 0 Å². The third kappa shape index (κ3) is 4.05. The smallest absolute Gasteiger partial charge is 0.227 e. The van der Waals surface area contributed by atoms with Crippen LogP contribution in [0, 0.1) is 0 Å². The molecule has 2 nitrogen and oxygen atoms in total. The average molecular weight is 189 g/mol. The maximum atomic E-state index is 5.78. The molecule has 0 amide bonds. The third-order valence-electron chi connectivity index (χ3n) is 2.04. The molecule has 1 saturated heterocycles. The minimum atomic E-state index is -0.721. The largest absolute Gasteiger partial charge is 0.451 e. The van der Waals surface area contributed by atoms with Gasteiger partial charge in [0.05, 0.1) is 0 Å². The van der Waals surface area contributed by atoms with Crippen molar-refractivity contribution in [3.63, 3.8) is 0 Å². The van der Waals surface area contributed by atoms with Gasteiger partial charge in [-0.3, -0.25) is 0 Å². The molecule has 0 saturated carbocycles. The van der Waals surface area contributed by atoms with Crippen molar-refractivity contribution in [2.45, 2.75) is 32.4 Å². The zero-order valence-corrected chi connectivity index (χ0v) is 10.2. The molecule has 1 aliphatic heterocycles.